The van der Waals surface area contributed by atoms with Crippen LogP contribution in [-0.4, -0.2) is 29.0 Å². The van der Waals surface area contributed by atoms with Gasteiger partial charge in [-0.3, -0.25) is 15.2 Å². The highest BCUT2D eigenvalue weighted by Crippen LogP contribution is 2.58. The minimum Gasteiger partial charge on any atom is -0.289 e. The second kappa shape index (κ2) is 7.67. The van der Waals surface area contributed by atoms with Crippen LogP contribution >= 0.6 is 0 Å². The monoisotopic (exact) mass is 395 g/mol. The molecule has 1 saturated heterocycles. The summed E-state index contributed by atoms with van der Waals surface area (Å²) in [5, 5.41) is 3.07. The van der Waals surface area contributed by atoms with Gasteiger partial charge in [-0.25, -0.2) is 9.40 Å². The maximum absolute atomic E-state index is 13.8. The van der Waals surface area contributed by atoms with Crippen LogP contribution in [0, 0.1) is 17.2 Å². The van der Waals surface area contributed by atoms with E-state index < -0.39 is 0 Å². The maximum Gasteiger partial charge on any atom is 0.237 e. The standard InChI is InChI=1S/C24H30FN3O/c25-18-4-5-22-20(16-18)19(9-13-26-22)17-6-10-24(11-7-17)12-8-21(24)23(29)27-28-14-2-1-3-15-28/h4-5,9,13,16-17,21H,1-3,6-8,10-12,14-15H2,(H,27,29)/t17?,21-,24?/m1/s1. The highest BCUT2D eigenvalue weighted by atomic mass is 19.1. The third-order valence-electron chi connectivity index (χ3n) is 7.77. The maximum atomic E-state index is 13.8. The molecule has 2 aromatic rings. The molecule has 4 nitrogen and oxygen atoms in total. The van der Waals surface area contributed by atoms with Gasteiger partial charge in [0.25, 0.3) is 0 Å². The van der Waals surface area contributed by atoms with Gasteiger partial charge < -0.3 is 0 Å². The van der Waals surface area contributed by atoms with Gasteiger partial charge in [-0.1, -0.05) is 6.42 Å². The summed E-state index contributed by atoms with van der Waals surface area (Å²) in [6.07, 6.45) is 12.0. The minimum absolute atomic E-state index is 0.164. The lowest BCUT2D eigenvalue weighted by molar-refractivity contribution is -0.144. The first-order valence-corrected chi connectivity index (χ1v) is 11.2. The molecule has 1 N–H and O–H groups in total. The molecule has 1 spiro atoms. The molecule has 1 aromatic heterocycles. The zero-order valence-corrected chi connectivity index (χ0v) is 17.0. The Labute approximate surface area is 171 Å². The number of rotatable bonds is 3. The largest absolute Gasteiger partial charge is 0.289 e. The summed E-state index contributed by atoms with van der Waals surface area (Å²) in [6.45, 7) is 1.97. The lowest BCUT2D eigenvalue weighted by atomic mass is 9.52. The number of piperidine rings is 1. The number of benzene rings is 1. The lowest BCUT2D eigenvalue weighted by Crippen LogP contribution is -2.55. The Morgan fingerprint density at radius 2 is 1.83 bits per heavy atom. The van der Waals surface area contributed by atoms with Gasteiger partial charge in [0.1, 0.15) is 5.82 Å². The summed E-state index contributed by atoms with van der Waals surface area (Å²) < 4.78 is 13.8. The van der Waals surface area contributed by atoms with Crippen molar-refractivity contribution >= 4 is 16.8 Å². The average molecular weight is 396 g/mol. The van der Waals surface area contributed by atoms with Gasteiger partial charge in [0.15, 0.2) is 0 Å². The molecule has 154 valence electrons. The molecule has 1 amide bonds. The molecule has 1 aliphatic heterocycles. The van der Waals surface area contributed by atoms with Crippen LogP contribution in [0.2, 0.25) is 0 Å². The first-order valence-electron chi connectivity index (χ1n) is 11.2. The SMILES string of the molecule is O=C(NN1CCCCC1)[C@H]1CCC12CCC(c1ccnc3ccc(F)cc13)CC2. The minimum atomic E-state index is -0.201. The molecule has 3 aliphatic rings. The van der Waals surface area contributed by atoms with Crippen LogP contribution in [0.25, 0.3) is 10.9 Å². The van der Waals surface area contributed by atoms with Gasteiger partial charge in [0.05, 0.1) is 5.52 Å². The van der Waals surface area contributed by atoms with Crippen molar-refractivity contribution in [2.24, 2.45) is 11.3 Å². The zero-order chi connectivity index (χ0) is 19.8. The van der Waals surface area contributed by atoms with E-state index in [0.29, 0.717) is 5.92 Å². The molecule has 29 heavy (non-hydrogen) atoms. The third-order valence-corrected chi connectivity index (χ3v) is 7.77. The molecule has 5 rings (SSSR count). The number of hydrazine groups is 1. The van der Waals surface area contributed by atoms with Crippen LogP contribution < -0.4 is 5.43 Å². The van der Waals surface area contributed by atoms with E-state index in [1.54, 1.807) is 12.1 Å². The van der Waals surface area contributed by atoms with Crippen molar-refractivity contribution in [2.75, 3.05) is 13.1 Å². The third kappa shape index (κ3) is 3.54. The summed E-state index contributed by atoms with van der Waals surface area (Å²) in [7, 11) is 0. The van der Waals surface area contributed by atoms with Crippen molar-refractivity contribution < 1.29 is 9.18 Å². The number of carbonyl (C=O) groups excluding carboxylic acids is 1. The average Bonchev–Trinajstić information content (AvgIpc) is 2.73. The molecule has 5 heteroatoms. The fourth-order valence-electron chi connectivity index (χ4n) is 5.94. The van der Waals surface area contributed by atoms with E-state index in [9.17, 15) is 9.18 Å². The van der Waals surface area contributed by atoms with E-state index in [2.05, 4.69) is 21.5 Å². The Balaban J connectivity index is 1.27. The summed E-state index contributed by atoms with van der Waals surface area (Å²) in [6, 6.07) is 6.94. The van der Waals surface area contributed by atoms with E-state index in [1.165, 1.54) is 37.3 Å². The number of pyridine rings is 1. The fourth-order valence-corrected chi connectivity index (χ4v) is 5.94. The van der Waals surface area contributed by atoms with Gasteiger partial charge >= 0.3 is 0 Å². The first-order chi connectivity index (χ1) is 14.1. The number of hydrogen-bond donors (Lipinski definition) is 1. The van der Waals surface area contributed by atoms with Crippen LogP contribution in [-0.2, 0) is 4.79 Å². The second-order valence-electron chi connectivity index (χ2n) is 9.31. The van der Waals surface area contributed by atoms with Gasteiger partial charge in [-0.15, -0.1) is 0 Å². The van der Waals surface area contributed by atoms with Gasteiger partial charge in [-0.2, -0.15) is 0 Å². The Bertz CT molecular complexity index is 900. The van der Waals surface area contributed by atoms with E-state index in [4.69, 9.17) is 0 Å². The molecular weight excluding hydrogens is 365 g/mol. The van der Waals surface area contributed by atoms with E-state index in [0.717, 1.165) is 56.1 Å². The van der Waals surface area contributed by atoms with Crippen LogP contribution in [0.4, 0.5) is 4.39 Å². The zero-order valence-electron chi connectivity index (χ0n) is 17.0. The molecular formula is C24H30FN3O. The lowest BCUT2D eigenvalue weighted by Gasteiger charge is -2.53. The number of aromatic nitrogens is 1. The number of fused-ring (bicyclic) bond motifs is 1. The number of nitrogens with one attached hydrogen (secondary N) is 1. The topological polar surface area (TPSA) is 45.2 Å². The predicted octanol–water partition coefficient (Wildman–Crippen LogP) is 4.95. The molecule has 2 heterocycles. The van der Waals surface area contributed by atoms with Crippen molar-refractivity contribution in [3.05, 3.63) is 41.8 Å². The molecule has 1 atom stereocenters. The number of hydrogen-bond acceptors (Lipinski definition) is 3. The van der Waals surface area contributed by atoms with Gasteiger partial charge in [0.2, 0.25) is 5.91 Å². The van der Waals surface area contributed by atoms with E-state index in [1.807, 2.05) is 6.20 Å². The van der Waals surface area contributed by atoms with Crippen molar-refractivity contribution in [3.63, 3.8) is 0 Å². The Hall–Kier alpha value is -2.01. The van der Waals surface area contributed by atoms with Crippen LogP contribution in [0.5, 0.6) is 0 Å². The summed E-state index contributed by atoms with van der Waals surface area (Å²) in [5.41, 5.74) is 5.48. The smallest absolute Gasteiger partial charge is 0.237 e. The van der Waals surface area contributed by atoms with Gasteiger partial charge in [0, 0.05) is 30.6 Å². The fraction of sp³-hybridized carbons (Fsp3) is 0.583. The molecule has 3 fully saturated rings. The van der Waals surface area contributed by atoms with Gasteiger partial charge in [-0.05, 0) is 92.5 Å². The number of carbonyl (C=O) groups is 1. The van der Waals surface area contributed by atoms with Crippen molar-refractivity contribution in [3.8, 4) is 0 Å². The predicted molar refractivity (Wildman–Crippen MR) is 112 cm³/mol. The first kappa shape index (κ1) is 19.0. The van der Waals surface area contributed by atoms with Crippen molar-refractivity contribution in [1.29, 1.82) is 0 Å². The molecule has 2 aliphatic carbocycles. The molecule has 0 radical (unpaired) electrons. The number of amides is 1. The Kier molecular flexibility index (Phi) is 5.02. The van der Waals surface area contributed by atoms with Crippen LogP contribution in [0.1, 0.15) is 69.3 Å². The molecule has 0 unspecified atom stereocenters. The van der Waals surface area contributed by atoms with Crippen LogP contribution in [0.15, 0.2) is 30.5 Å². The summed E-state index contributed by atoms with van der Waals surface area (Å²) in [4.78, 5) is 17.3. The van der Waals surface area contributed by atoms with Crippen molar-refractivity contribution in [2.45, 2.75) is 63.7 Å². The van der Waals surface area contributed by atoms with Crippen LogP contribution in [0.3, 0.4) is 0 Å². The quantitative estimate of drug-likeness (QED) is 0.800. The Morgan fingerprint density at radius 1 is 1.07 bits per heavy atom. The van der Waals surface area contributed by atoms with E-state index >= 15 is 0 Å². The summed E-state index contributed by atoms with van der Waals surface area (Å²) >= 11 is 0. The molecule has 0 bridgehead atoms. The Morgan fingerprint density at radius 3 is 2.55 bits per heavy atom. The van der Waals surface area contributed by atoms with Crippen molar-refractivity contribution in [1.82, 2.24) is 15.4 Å². The number of nitrogens with zero attached hydrogens (tertiary/aromatic N) is 2. The summed E-state index contributed by atoms with van der Waals surface area (Å²) in [5.74, 6) is 0.636. The highest BCUT2D eigenvalue weighted by Gasteiger charge is 2.51. The highest BCUT2D eigenvalue weighted by molar-refractivity contribution is 5.82. The number of halogens is 1. The second-order valence-corrected chi connectivity index (χ2v) is 9.31. The molecule has 2 saturated carbocycles. The van der Waals surface area contributed by atoms with E-state index in [-0.39, 0.29) is 23.1 Å². The normalized spacial score (nSPS) is 30.2. The molecule has 1 aromatic carbocycles.